The van der Waals surface area contributed by atoms with Crippen LogP contribution in [-0.4, -0.2) is 26.7 Å². The Morgan fingerprint density at radius 3 is 2.60 bits per heavy atom. The van der Waals surface area contributed by atoms with E-state index in [4.69, 9.17) is 9.63 Å². The van der Waals surface area contributed by atoms with E-state index >= 15 is 4.39 Å². The van der Waals surface area contributed by atoms with Crippen LogP contribution in [0.4, 0.5) is 4.39 Å². The molecule has 0 saturated heterocycles. The van der Waals surface area contributed by atoms with E-state index in [0.29, 0.717) is 16.8 Å². The van der Waals surface area contributed by atoms with Crippen LogP contribution in [0.3, 0.4) is 0 Å². The van der Waals surface area contributed by atoms with Gasteiger partial charge in [0.05, 0.1) is 5.52 Å². The molecule has 1 aromatic carbocycles. The summed E-state index contributed by atoms with van der Waals surface area (Å²) in [5.41, 5.74) is 3.67. The highest BCUT2D eigenvalue weighted by atomic mass is 19.1. The molecule has 1 N–H and O–H groups in total. The molecule has 1 aliphatic carbocycles. The van der Waals surface area contributed by atoms with Crippen LogP contribution in [0.1, 0.15) is 74.0 Å². The molecule has 4 rings (SSSR count). The van der Waals surface area contributed by atoms with Gasteiger partial charge in [0, 0.05) is 17.7 Å². The zero-order valence-corrected chi connectivity index (χ0v) is 20.8. The summed E-state index contributed by atoms with van der Waals surface area (Å²) < 4.78 is 22.2. The molecule has 1 aliphatic rings. The van der Waals surface area contributed by atoms with E-state index in [1.165, 1.54) is 30.1 Å². The number of carboxylic acids is 1. The maximum Gasteiger partial charge on any atom is 0.328 e. The second-order valence-electron chi connectivity index (χ2n) is 9.80. The van der Waals surface area contributed by atoms with Gasteiger partial charge in [-0.1, -0.05) is 35.9 Å². The number of hydrogen-bond acceptors (Lipinski definition) is 4. The lowest BCUT2D eigenvalue weighted by atomic mass is 9.82. The number of aryl methyl sites for hydroxylation is 1. The van der Waals surface area contributed by atoms with E-state index in [1.54, 1.807) is 24.4 Å². The van der Waals surface area contributed by atoms with Crippen molar-refractivity contribution in [2.75, 3.05) is 0 Å². The Balaban J connectivity index is 1.96. The molecule has 1 atom stereocenters. The van der Waals surface area contributed by atoms with Gasteiger partial charge in [0.2, 0.25) is 0 Å². The van der Waals surface area contributed by atoms with Crippen LogP contribution in [0.5, 0.6) is 0 Å². The highest BCUT2D eigenvalue weighted by molar-refractivity contribution is 6.08. The van der Waals surface area contributed by atoms with Crippen molar-refractivity contribution in [2.45, 2.75) is 53.6 Å². The summed E-state index contributed by atoms with van der Waals surface area (Å²) in [6.45, 7) is 10.6. The molecule has 0 saturated carbocycles. The molecule has 0 radical (unpaired) electrons. The summed E-state index contributed by atoms with van der Waals surface area (Å²) in [7, 11) is 0. The number of carbonyl (C=O) groups is 2. The minimum Gasteiger partial charge on any atom is -0.478 e. The Morgan fingerprint density at radius 2 is 1.97 bits per heavy atom. The first-order chi connectivity index (χ1) is 16.4. The summed E-state index contributed by atoms with van der Waals surface area (Å²) >= 11 is 0. The molecule has 3 aromatic rings. The van der Waals surface area contributed by atoms with Crippen LogP contribution in [0.15, 0.2) is 52.2 Å². The number of allylic oxidation sites excluding steroid dienone is 4. The standard InChI is InChI=1S/C28H29FN2O4/c1-15-12-16(2)22(17(3)13-15)25-24(26(35-30-25)28(5,6)29)27(34)31-14-18(4)23-19(10-11-21(32)33)8-7-9-20(23)31/h7-12,14,17H,13H2,1-6H3,(H,32,33)/b11-10+. The van der Waals surface area contributed by atoms with Crippen molar-refractivity contribution in [1.82, 2.24) is 9.72 Å². The summed E-state index contributed by atoms with van der Waals surface area (Å²) in [5.74, 6) is -1.53. The highest BCUT2D eigenvalue weighted by Gasteiger charge is 2.37. The molecule has 0 aliphatic heterocycles. The van der Waals surface area contributed by atoms with Gasteiger partial charge in [-0.25, -0.2) is 9.18 Å². The average Bonchev–Trinajstić information content (AvgIpc) is 3.33. The molecule has 1 unspecified atom stereocenters. The summed E-state index contributed by atoms with van der Waals surface area (Å²) in [6, 6.07) is 5.33. The molecular formula is C28H29FN2O4. The third-order valence-corrected chi connectivity index (χ3v) is 6.39. The van der Waals surface area contributed by atoms with Gasteiger partial charge in [0.15, 0.2) is 11.4 Å². The minimum absolute atomic E-state index is 0.0862. The third-order valence-electron chi connectivity index (χ3n) is 6.39. The van der Waals surface area contributed by atoms with Crippen molar-refractivity contribution in [3.63, 3.8) is 0 Å². The Labute approximate surface area is 203 Å². The third kappa shape index (κ3) is 4.38. The van der Waals surface area contributed by atoms with Crippen molar-refractivity contribution in [2.24, 2.45) is 5.92 Å². The number of nitrogens with zero attached hydrogens (tertiary/aromatic N) is 2. The number of halogens is 1. The molecule has 0 spiro atoms. The second-order valence-corrected chi connectivity index (χ2v) is 9.80. The van der Waals surface area contributed by atoms with Gasteiger partial charge in [0.25, 0.3) is 5.91 Å². The number of carboxylic acid groups (broad SMARTS) is 1. The van der Waals surface area contributed by atoms with Crippen molar-refractivity contribution in [3.8, 4) is 0 Å². The highest BCUT2D eigenvalue weighted by Crippen LogP contribution is 2.41. The van der Waals surface area contributed by atoms with Crippen LogP contribution < -0.4 is 0 Å². The van der Waals surface area contributed by atoms with Gasteiger partial charge >= 0.3 is 5.97 Å². The fourth-order valence-corrected chi connectivity index (χ4v) is 5.08. The number of fused-ring (bicyclic) bond motifs is 1. The molecule has 2 aromatic heterocycles. The smallest absolute Gasteiger partial charge is 0.328 e. The maximum atomic E-state index is 15.3. The summed E-state index contributed by atoms with van der Waals surface area (Å²) in [4.78, 5) is 25.1. The number of aromatic nitrogens is 2. The predicted molar refractivity (Wildman–Crippen MR) is 134 cm³/mol. The van der Waals surface area contributed by atoms with Crippen molar-refractivity contribution in [3.05, 3.63) is 75.8 Å². The Kier molecular flexibility index (Phi) is 6.13. The number of hydrogen-bond donors (Lipinski definition) is 1. The first-order valence-electron chi connectivity index (χ1n) is 11.5. The molecule has 0 bridgehead atoms. The maximum absolute atomic E-state index is 15.3. The molecule has 6 nitrogen and oxygen atoms in total. The largest absolute Gasteiger partial charge is 0.478 e. The van der Waals surface area contributed by atoms with E-state index in [1.807, 2.05) is 13.8 Å². The lowest BCUT2D eigenvalue weighted by Gasteiger charge is -2.23. The predicted octanol–water partition coefficient (Wildman–Crippen LogP) is 6.69. The lowest BCUT2D eigenvalue weighted by Crippen LogP contribution is -2.20. The zero-order chi connectivity index (χ0) is 25.7. The number of carbonyl (C=O) groups excluding carboxylic acids is 1. The normalized spacial score (nSPS) is 16.9. The van der Waals surface area contributed by atoms with Crippen molar-refractivity contribution >= 4 is 34.4 Å². The molecule has 7 heteroatoms. The van der Waals surface area contributed by atoms with E-state index in [-0.39, 0.29) is 17.2 Å². The number of benzene rings is 1. The van der Waals surface area contributed by atoms with Gasteiger partial charge < -0.3 is 9.63 Å². The van der Waals surface area contributed by atoms with E-state index < -0.39 is 17.5 Å². The van der Waals surface area contributed by atoms with Crippen LogP contribution in [0, 0.1) is 12.8 Å². The van der Waals surface area contributed by atoms with Crippen molar-refractivity contribution in [1.29, 1.82) is 0 Å². The molecule has 0 fully saturated rings. The number of rotatable bonds is 5. The van der Waals surface area contributed by atoms with Gasteiger partial charge in [-0.15, -0.1) is 0 Å². The number of aliphatic carboxylic acids is 1. The Morgan fingerprint density at radius 1 is 1.26 bits per heavy atom. The van der Waals surface area contributed by atoms with E-state index in [2.05, 4.69) is 25.1 Å². The number of alkyl halides is 1. The Bertz CT molecular complexity index is 1440. The topological polar surface area (TPSA) is 85.3 Å². The SMILES string of the molecule is CC1=CC(C)=C(c2noc(C(C)(C)F)c2C(=O)n2cc(C)c3c(/C=C/C(=O)O)cccc32)C(C)C1. The average molecular weight is 477 g/mol. The van der Waals surface area contributed by atoms with Crippen molar-refractivity contribution < 1.29 is 23.6 Å². The molecule has 35 heavy (non-hydrogen) atoms. The van der Waals surface area contributed by atoms with Gasteiger partial charge in [0.1, 0.15) is 11.3 Å². The fourth-order valence-electron chi connectivity index (χ4n) is 5.08. The Hall–Kier alpha value is -3.74. The zero-order valence-electron chi connectivity index (χ0n) is 20.8. The molecule has 182 valence electrons. The lowest BCUT2D eigenvalue weighted by molar-refractivity contribution is -0.131. The van der Waals surface area contributed by atoms with E-state index in [9.17, 15) is 9.59 Å². The van der Waals surface area contributed by atoms with Crippen LogP contribution in [0.2, 0.25) is 0 Å². The first kappa shape index (κ1) is 24.4. The molecule has 2 heterocycles. The summed E-state index contributed by atoms with van der Waals surface area (Å²) in [5, 5.41) is 14.0. The fraction of sp³-hybridized carbons (Fsp3) is 0.321. The summed E-state index contributed by atoms with van der Waals surface area (Å²) in [6.07, 6.45) is 7.12. The minimum atomic E-state index is -1.93. The van der Waals surface area contributed by atoms with Gasteiger partial charge in [-0.3, -0.25) is 9.36 Å². The van der Waals surface area contributed by atoms with Crippen LogP contribution >= 0.6 is 0 Å². The van der Waals surface area contributed by atoms with Crippen LogP contribution in [0.25, 0.3) is 22.6 Å². The molecule has 0 amide bonds. The first-order valence-corrected chi connectivity index (χ1v) is 11.5. The second kappa shape index (κ2) is 8.80. The monoisotopic (exact) mass is 476 g/mol. The van der Waals surface area contributed by atoms with Crippen LogP contribution in [-0.2, 0) is 10.5 Å². The van der Waals surface area contributed by atoms with Gasteiger partial charge in [-0.2, -0.15) is 0 Å². The van der Waals surface area contributed by atoms with Gasteiger partial charge in [-0.05, 0) is 81.4 Å². The molecular weight excluding hydrogens is 447 g/mol. The van der Waals surface area contributed by atoms with E-state index in [0.717, 1.165) is 34.6 Å². The quantitative estimate of drug-likeness (QED) is 0.415.